The summed E-state index contributed by atoms with van der Waals surface area (Å²) in [6.07, 6.45) is 0.714. The van der Waals surface area contributed by atoms with Gasteiger partial charge in [-0.05, 0) is 61.9 Å². The van der Waals surface area contributed by atoms with Gasteiger partial charge in [0.2, 0.25) is 11.9 Å². The van der Waals surface area contributed by atoms with Crippen LogP contribution in [0, 0.1) is 6.92 Å². The van der Waals surface area contributed by atoms with Crippen LogP contribution >= 0.6 is 11.3 Å². The minimum absolute atomic E-state index is 0.184. The number of aryl methyl sites for hydroxylation is 1. The molecule has 9 nitrogen and oxygen atoms in total. The van der Waals surface area contributed by atoms with Crippen LogP contribution in [0.5, 0.6) is 0 Å². The molecule has 0 radical (unpaired) electrons. The molecule has 4 rings (SSSR count). The van der Waals surface area contributed by atoms with E-state index in [1.165, 1.54) is 11.3 Å². The maximum Gasteiger partial charge on any atom is 0.433 e. The van der Waals surface area contributed by atoms with Gasteiger partial charge < -0.3 is 15.7 Å². The monoisotopic (exact) mass is 569 g/mol. The van der Waals surface area contributed by atoms with Crippen molar-refractivity contribution in [1.82, 2.24) is 20.3 Å². The van der Waals surface area contributed by atoms with Crippen LogP contribution < -0.4 is 10.6 Å². The fraction of sp³-hybridized carbons (Fsp3) is 0.417. The predicted octanol–water partition coefficient (Wildman–Crippen LogP) is 3.96. The Morgan fingerprint density at radius 1 is 1.21 bits per heavy atom. The molecular weight excluding hydrogens is 543 g/mol. The summed E-state index contributed by atoms with van der Waals surface area (Å²) in [6.45, 7) is 1.84. The number of alkyl halides is 3. The number of hydrogen-bond donors (Lipinski definition) is 3. The van der Waals surface area contributed by atoms with Crippen molar-refractivity contribution in [1.29, 1.82) is 0 Å². The molecule has 0 spiro atoms. The van der Waals surface area contributed by atoms with Gasteiger partial charge in [-0.2, -0.15) is 13.2 Å². The second-order valence-electron chi connectivity index (χ2n) is 9.45. The topological polar surface area (TPSA) is 134 Å². The zero-order valence-corrected chi connectivity index (χ0v) is 22.2. The summed E-state index contributed by atoms with van der Waals surface area (Å²) < 4.78 is 61.6. The first kappa shape index (κ1) is 27.9. The molecular formula is C24H26F3N5O4S2. The molecule has 204 valence electrons. The van der Waals surface area contributed by atoms with E-state index in [4.69, 9.17) is 0 Å². The van der Waals surface area contributed by atoms with Crippen LogP contribution in [0.15, 0.2) is 36.7 Å². The van der Waals surface area contributed by atoms with Gasteiger partial charge in [0.05, 0.1) is 4.88 Å². The van der Waals surface area contributed by atoms with Crippen molar-refractivity contribution in [3.8, 4) is 10.4 Å². The molecule has 2 heterocycles. The number of aliphatic hydroxyl groups is 1. The van der Waals surface area contributed by atoms with E-state index in [-0.39, 0.29) is 12.0 Å². The number of sulfone groups is 1. The molecule has 1 aliphatic rings. The molecule has 0 bridgehead atoms. The number of thiazole rings is 1. The molecule has 3 aromatic rings. The molecule has 14 heteroatoms. The second-order valence-corrected chi connectivity index (χ2v) is 12.6. The number of halogens is 3. The van der Waals surface area contributed by atoms with E-state index in [2.05, 4.69) is 25.6 Å². The summed E-state index contributed by atoms with van der Waals surface area (Å²) in [4.78, 5) is 24.5. The lowest BCUT2D eigenvalue weighted by atomic mass is 9.82. The first-order valence-corrected chi connectivity index (χ1v) is 14.5. The average Bonchev–Trinajstić information content (AvgIpc) is 3.30. The molecule has 1 saturated carbocycles. The number of hydrogen-bond acceptors (Lipinski definition) is 9. The van der Waals surface area contributed by atoms with E-state index < -0.39 is 39.0 Å². The van der Waals surface area contributed by atoms with Gasteiger partial charge in [-0.1, -0.05) is 6.07 Å². The van der Waals surface area contributed by atoms with Crippen LogP contribution in [0.1, 0.15) is 41.9 Å². The number of anilines is 2. The van der Waals surface area contributed by atoms with Gasteiger partial charge in [-0.15, -0.1) is 11.3 Å². The maximum atomic E-state index is 13.0. The smallest absolute Gasteiger partial charge is 0.383 e. The normalized spacial score (nSPS) is 20.2. The highest BCUT2D eigenvalue weighted by Crippen LogP contribution is 2.41. The van der Waals surface area contributed by atoms with Crippen molar-refractivity contribution < 1.29 is 31.5 Å². The van der Waals surface area contributed by atoms with Crippen LogP contribution in [-0.2, 0) is 26.4 Å². The van der Waals surface area contributed by atoms with E-state index in [1.54, 1.807) is 18.3 Å². The number of carbonyl (C=O) groups is 1. The van der Waals surface area contributed by atoms with Gasteiger partial charge in [0.15, 0.2) is 9.84 Å². The number of benzene rings is 1. The summed E-state index contributed by atoms with van der Waals surface area (Å²) in [5.74, 6) is -1.31. The van der Waals surface area contributed by atoms with E-state index in [0.29, 0.717) is 36.4 Å². The first-order valence-electron chi connectivity index (χ1n) is 11.7. The van der Waals surface area contributed by atoms with E-state index in [1.807, 2.05) is 13.0 Å². The highest BCUT2D eigenvalue weighted by atomic mass is 32.2. The molecule has 0 unspecified atom stereocenters. The molecule has 0 aliphatic heterocycles. The molecule has 1 amide bonds. The minimum atomic E-state index is -4.59. The molecule has 2 aromatic heterocycles. The van der Waals surface area contributed by atoms with Gasteiger partial charge in [-0.25, -0.2) is 23.4 Å². The standard InChI is InChI=1S/C24H26F3N5O4S2/c1-14-9-15(11-17(10-14)31-22-28-8-5-19(32-22)24(25,26)27)18-12-29-21(37-18)23(34)6-3-16(4-7-23)30-20(33)13-38(2,35)36/h5,8-12,16,34H,3-4,6-7,13H2,1-2H3,(H,30,33)(H,28,31,32). The Kier molecular flexibility index (Phi) is 7.77. The minimum Gasteiger partial charge on any atom is -0.383 e. The van der Waals surface area contributed by atoms with E-state index in [9.17, 15) is 31.5 Å². The second kappa shape index (κ2) is 10.6. The Morgan fingerprint density at radius 3 is 2.58 bits per heavy atom. The summed E-state index contributed by atoms with van der Waals surface area (Å²) in [6, 6.07) is 5.96. The largest absolute Gasteiger partial charge is 0.433 e. The van der Waals surface area contributed by atoms with Gasteiger partial charge in [0, 0.05) is 30.4 Å². The highest BCUT2D eigenvalue weighted by Gasteiger charge is 2.38. The maximum absolute atomic E-state index is 13.0. The Balaban J connectivity index is 1.46. The summed E-state index contributed by atoms with van der Waals surface area (Å²) >= 11 is 1.31. The van der Waals surface area contributed by atoms with Crippen LogP contribution in [0.25, 0.3) is 10.4 Å². The van der Waals surface area contributed by atoms with Crippen LogP contribution in [0.4, 0.5) is 24.8 Å². The van der Waals surface area contributed by atoms with Gasteiger partial charge >= 0.3 is 6.18 Å². The lowest BCUT2D eigenvalue weighted by molar-refractivity contribution is -0.141. The van der Waals surface area contributed by atoms with Gasteiger partial charge in [0.25, 0.3) is 0 Å². The van der Waals surface area contributed by atoms with Gasteiger partial charge in [-0.3, -0.25) is 4.79 Å². The molecule has 38 heavy (non-hydrogen) atoms. The van der Waals surface area contributed by atoms with Crippen LogP contribution in [0.3, 0.4) is 0 Å². The van der Waals surface area contributed by atoms with Crippen LogP contribution in [0.2, 0.25) is 0 Å². The zero-order chi connectivity index (χ0) is 27.7. The van der Waals surface area contributed by atoms with Crippen molar-refractivity contribution in [2.24, 2.45) is 0 Å². The third kappa shape index (κ3) is 7.05. The molecule has 1 aromatic carbocycles. The number of nitrogens with one attached hydrogen (secondary N) is 2. The SMILES string of the molecule is Cc1cc(Nc2nccc(C(F)(F)F)n2)cc(-c2cnc(C3(O)CCC(NC(=O)CS(C)(=O)=O)CC3)s2)c1. The highest BCUT2D eigenvalue weighted by molar-refractivity contribution is 7.91. The molecule has 1 aliphatic carbocycles. The third-order valence-electron chi connectivity index (χ3n) is 6.04. The predicted molar refractivity (Wildman–Crippen MR) is 137 cm³/mol. The quantitative estimate of drug-likeness (QED) is 0.389. The van der Waals surface area contributed by atoms with Crippen LogP contribution in [-0.4, -0.2) is 52.4 Å². The molecule has 0 atom stereocenters. The number of amides is 1. The Hall–Kier alpha value is -3.10. The third-order valence-corrected chi connectivity index (χ3v) is 8.07. The van der Waals surface area contributed by atoms with E-state index >= 15 is 0 Å². The summed E-state index contributed by atoms with van der Waals surface area (Å²) in [7, 11) is -3.42. The number of nitrogens with zero attached hydrogens (tertiary/aromatic N) is 3. The molecule has 3 N–H and O–H groups in total. The average molecular weight is 570 g/mol. The van der Waals surface area contributed by atoms with Crippen molar-refractivity contribution in [3.05, 3.63) is 52.9 Å². The fourth-order valence-electron chi connectivity index (χ4n) is 4.29. The molecule has 1 fully saturated rings. The number of rotatable bonds is 7. The van der Waals surface area contributed by atoms with Crippen molar-refractivity contribution in [2.45, 2.75) is 50.4 Å². The lowest BCUT2D eigenvalue weighted by Gasteiger charge is -2.34. The number of carbonyl (C=O) groups excluding carboxylic acids is 1. The van der Waals surface area contributed by atoms with Crippen molar-refractivity contribution in [2.75, 3.05) is 17.3 Å². The Labute approximate surface area is 221 Å². The fourth-order valence-corrected chi connectivity index (χ4v) is 5.90. The zero-order valence-electron chi connectivity index (χ0n) is 20.5. The summed E-state index contributed by atoms with van der Waals surface area (Å²) in [5, 5.41) is 17.3. The first-order chi connectivity index (χ1) is 17.7. The van der Waals surface area contributed by atoms with Gasteiger partial charge in [0.1, 0.15) is 22.1 Å². The Bertz CT molecular complexity index is 1430. The van der Waals surface area contributed by atoms with E-state index in [0.717, 1.165) is 34.5 Å². The molecule has 0 saturated heterocycles. The van der Waals surface area contributed by atoms with Crippen molar-refractivity contribution >= 4 is 38.7 Å². The lowest BCUT2D eigenvalue weighted by Crippen LogP contribution is -2.43. The number of aromatic nitrogens is 3. The Morgan fingerprint density at radius 2 is 1.92 bits per heavy atom. The van der Waals surface area contributed by atoms with Crippen molar-refractivity contribution in [3.63, 3.8) is 0 Å². The summed E-state index contributed by atoms with van der Waals surface area (Å²) in [5.41, 5.74) is -0.131.